The molecule has 1 heterocycles. The highest BCUT2D eigenvalue weighted by Gasteiger charge is 2.12. The molecule has 0 aliphatic carbocycles. The lowest BCUT2D eigenvalue weighted by Crippen LogP contribution is -2.30. The van der Waals surface area contributed by atoms with Crippen LogP contribution in [0.2, 0.25) is 0 Å². The first-order valence-electron chi connectivity index (χ1n) is 8.24. The Morgan fingerprint density at radius 1 is 1.04 bits per heavy atom. The zero-order valence-corrected chi connectivity index (χ0v) is 14.1. The number of amides is 1. The van der Waals surface area contributed by atoms with E-state index in [2.05, 4.69) is 10.2 Å². The molecule has 0 saturated heterocycles. The summed E-state index contributed by atoms with van der Waals surface area (Å²) in [6.07, 6.45) is 7.31. The molecule has 2 aromatic carbocycles. The minimum Gasteiger partial charge on any atom is -0.335 e. The molecule has 3 aromatic rings. The van der Waals surface area contributed by atoms with E-state index in [9.17, 15) is 4.79 Å². The van der Waals surface area contributed by atoms with Gasteiger partial charge in [0.2, 0.25) is 0 Å². The molecule has 126 valence electrons. The van der Waals surface area contributed by atoms with Gasteiger partial charge < -0.3 is 4.90 Å². The van der Waals surface area contributed by atoms with E-state index >= 15 is 0 Å². The lowest BCUT2D eigenvalue weighted by Gasteiger charge is -2.19. The normalized spacial score (nSPS) is 10.9. The molecule has 0 atom stereocenters. The van der Waals surface area contributed by atoms with Crippen molar-refractivity contribution in [2.45, 2.75) is 6.92 Å². The number of likely N-dealkylation sites (N-methyl/N-ethyl adjacent to an activating group) is 1. The van der Waals surface area contributed by atoms with E-state index in [0.29, 0.717) is 18.7 Å². The Labute approximate surface area is 147 Å². The van der Waals surface area contributed by atoms with Crippen molar-refractivity contribution in [1.29, 1.82) is 0 Å². The first kappa shape index (κ1) is 16.6. The van der Waals surface area contributed by atoms with Crippen LogP contribution in [0.25, 0.3) is 11.8 Å². The fourth-order valence-electron chi connectivity index (χ4n) is 2.53. The van der Waals surface area contributed by atoms with E-state index in [-0.39, 0.29) is 5.91 Å². The molecule has 0 bridgehead atoms. The third-order valence-corrected chi connectivity index (χ3v) is 3.94. The van der Waals surface area contributed by atoms with Crippen molar-refractivity contribution in [3.05, 3.63) is 84.5 Å². The molecule has 0 spiro atoms. The third-order valence-electron chi connectivity index (χ3n) is 3.94. The Hall–Kier alpha value is -3.21. The topological polar surface area (TPSA) is 51.0 Å². The van der Waals surface area contributed by atoms with E-state index < -0.39 is 0 Å². The Balaban J connectivity index is 1.66. The Morgan fingerprint density at radius 2 is 1.72 bits per heavy atom. The van der Waals surface area contributed by atoms with Crippen LogP contribution < -0.4 is 0 Å². The third kappa shape index (κ3) is 4.20. The summed E-state index contributed by atoms with van der Waals surface area (Å²) in [6.45, 7) is 3.22. The number of aromatic nitrogens is 3. The summed E-state index contributed by atoms with van der Waals surface area (Å²) in [5, 5.41) is 7.57. The summed E-state index contributed by atoms with van der Waals surface area (Å²) >= 11 is 0. The van der Waals surface area contributed by atoms with Gasteiger partial charge in [-0.15, -0.1) is 10.2 Å². The summed E-state index contributed by atoms with van der Waals surface area (Å²) in [5.41, 5.74) is 2.73. The molecule has 5 heteroatoms. The van der Waals surface area contributed by atoms with Gasteiger partial charge in [-0.1, -0.05) is 42.5 Å². The van der Waals surface area contributed by atoms with Gasteiger partial charge in [0.1, 0.15) is 12.7 Å². The van der Waals surface area contributed by atoms with E-state index in [1.165, 1.54) is 0 Å². The maximum atomic E-state index is 12.7. The number of rotatable bonds is 6. The molecule has 3 rings (SSSR count). The van der Waals surface area contributed by atoms with Crippen LogP contribution in [0.4, 0.5) is 0 Å². The van der Waals surface area contributed by atoms with Crippen molar-refractivity contribution in [2.75, 3.05) is 13.1 Å². The fourth-order valence-corrected chi connectivity index (χ4v) is 2.53. The highest BCUT2D eigenvalue weighted by atomic mass is 16.2. The van der Waals surface area contributed by atoms with E-state index in [0.717, 1.165) is 11.3 Å². The van der Waals surface area contributed by atoms with Crippen LogP contribution >= 0.6 is 0 Å². The Morgan fingerprint density at radius 3 is 2.36 bits per heavy atom. The average molecular weight is 332 g/mol. The summed E-state index contributed by atoms with van der Waals surface area (Å²) in [6, 6.07) is 17.5. The Bertz CT molecular complexity index is 824. The second-order valence-corrected chi connectivity index (χ2v) is 5.57. The van der Waals surface area contributed by atoms with Crippen molar-refractivity contribution in [2.24, 2.45) is 0 Å². The van der Waals surface area contributed by atoms with Crippen LogP contribution in [0.5, 0.6) is 0 Å². The molecule has 0 unspecified atom stereocenters. The van der Waals surface area contributed by atoms with Crippen LogP contribution in [0, 0.1) is 0 Å². The summed E-state index contributed by atoms with van der Waals surface area (Å²) in [4.78, 5) is 14.5. The van der Waals surface area contributed by atoms with Crippen LogP contribution in [-0.2, 0) is 0 Å². The molecule has 0 aliphatic rings. The molecule has 25 heavy (non-hydrogen) atoms. The van der Waals surface area contributed by atoms with Gasteiger partial charge in [0.05, 0.1) is 0 Å². The SMILES string of the molecule is CCN(CC=Cc1ccccc1)C(=O)c1ccc(-n2cnnc2)cc1. The van der Waals surface area contributed by atoms with Crippen molar-refractivity contribution < 1.29 is 4.79 Å². The minimum atomic E-state index is 0.0236. The molecule has 5 nitrogen and oxygen atoms in total. The van der Waals surface area contributed by atoms with Gasteiger partial charge >= 0.3 is 0 Å². The largest absolute Gasteiger partial charge is 0.335 e. The molecule has 0 N–H and O–H groups in total. The van der Waals surface area contributed by atoms with Gasteiger partial charge in [0, 0.05) is 24.3 Å². The quantitative estimate of drug-likeness (QED) is 0.695. The number of benzene rings is 2. The molecule has 1 amide bonds. The fraction of sp³-hybridized carbons (Fsp3) is 0.150. The van der Waals surface area contributed by atoms with Crippen molar-refractivity contribution >= 4 is 12.0 Å². The molecule has 0 saturated carbocycles. The van der Waals surface area contributed by atoms with Gasteiger partial charge in [-0.25, -0.2) is 0 Å². The predicted molar refractivity (Wildman–Crippen MR) is 98.4 cm³/mol. The summed E-state index contributed by atoms with van der Waals surface area (Å²) in [5.74, 6) is 0.0236. The molecule has 0 radical (unpaired) electrons. The van der Waals surface area contributed by atoms with Crippen molar-refractivity contribution in [3.63, 3.8) is 0 Å². The standard InChI is InChI=1S/C20H20N4O/c1-2-23(14-6-9-17-7-4-3-5-8-17)20(25)18-10-12-19(13-11-18)24-15-21-22-16-24/h3-13,15-16H,2,14H2,1H3. The number of carbonyl (C=O) groups is 1. The number of carbonyl (C=O) groups excluding carboxylic acids is 1. The van der Waals surface area contributed by atoms with Crippen molar-refractivity contribution in [1.82, 2.24) is 19.7 Å². The monoisotopic (exact) mass is 332 g/mol. The zero-order valence-electron chi connectivity index (χ0n) is 14.1. The van der Waals surface area contributed by atoms with Crippen molar-refractivity contribution in [3.8, 4) is 5.69 Å². The number of hydrogen-bond acceptors (Lipinski definition) is 3. The zero-order chi connectivity index (χ0) is 17.5. The average Bonchev–Trinajstić information content (AvgIpc) is 3.20. The first-order chi connectivity index (χ1) is 12.3. The lowest BCUT2D eigenvalue weighted by atomic mass is 10.1. The molecular weight excluding hydrogens is 312 g/mol. The molecular formula is C20H20N4O. The van der Waals surface area contributed by atoms with E-state index in [1.54, 1.807) is 17.2 Å². The van der Waals surface area contributed by atoms with Gasteiger partial charge in [-0.2, -0.15) is 0 Å². The molecule has 0 aliphatic heterocycles. The Kier molecular flexibility index (Phi) is 5.36. The van der Waals surface area contributed by atoms with E-state index in [1.807, 2.05) is 78.6 Å². The lowest BCUT2D eigenvalue weighted by molar-refractivity contribution is 0.0782. The second kappa shape index (κ2) is 8.06. The smallest absolute Gasteiger partial charge is 0.254 e. The maximum Gasteiger partial charge on any atom is 0.254 e. The van der Waals surface area contributed by atoms with Gasteiger partial charge in [0.25, 0.3) is 5.91 Å². The van der Waals surface area contributed by atoms with Crippen LogP contribution in [-0.4, -0.2) is 38.7 Å². The maximum absolute atomic E-state index is 12.7. The number of nitrogens with zero attached hydrogens (tertiary/aromatic N) is 4. The van der Waals surface area contributed by atoms with E-state index in [4.69, 9.17) is 0 Å². The van der Waals surface area contributed by atoms with Crippen LogP contribution in [0.1, 0.15) is 22.8 Å². The van der Waals surface area contributed by atoms with Crippen LogP contribution in [0.15, 0.2) is 73.3 Å². The predicted octanol–water partition coefficient (Wildman–Crippen LogP) is 3.44. The van der Waals surface area contributed by atoms with Gasteiger partial charge in [0.15, 0.2) is 0 Å². The number of hydrogen-bond donors (Lipinski definition) is 0. The van der Waals surface area contributed by atoms with Gasteiger partial charge in [-0.3, -0.25) is 9.36 Å². The highest BCUT2D eigenvalue weighted by molar-refractivity contribution is 5.94. The summed E-state index contributed by atoms with van der Waals surface area (Å²) in [7, 11) is 0. The first-order valence-corrected chi connectivity index (χ1v) is 8.24. The minimum absolute atomic E-state index is 0.0236. The summed E-state index contributed by atoms with van der Waals surface area (Å²) < 4.78 is 1.80. The second-order valence-electron chi connectivity index (χ2n) is 5.57. The molecule has 0 fully saturated rings. The highest BCUT2D eigenvalue weighted by Crippen LogP contribution is 2.11. The van der Waals surface area contributed by atoms with Gasteiger partial charge in [-0.05, 0) is 36.8 Å². The molecule has 1 aromatic heterocycles. The van der Waals surface area contributed by atoms with Crippen LogP contribution in [0.3, 0.4) is 0 Å².